The summed E-state index contributed by atoms with van der Waals surface area (Å²) in [6.07, 6.45) is 0.790. The van der Waals surface area contributed by atoms with E-state index in [1.54, 1.807) is 36.2 Å². The minimum Gasteiger partial charge on any atom is -0.492 e. The second-order valence-corrected chi connectivity index (χ2v) is 6.98. The van der Waals surface area contributed by atoms with Gasteiger partial charge < -0.3 is 9.64 Å². The van der Waals surface area contributed by atoms with Crippen LogP contribution in [0, 0.1) is 0 Å². The van der Waals surface area contributed by atoms with Crippen molar-refractivity contribution in [2.24, 2.45) is 0 Å². The molecule has 1 amide bonds. The average molecular weight is 369 g/mol. The first-order valence-corrected chi connectivity index (χ1v) is 8.96. The Morgan fingerprint density at radius 1 is 1.42 bits per heavy atom. The number of hydrogen-bond acceptors (Lipinski definition) is 5. The third-order valence-corrected chi connectivity index (χ3v) is 4.56. The molecule has 0 aliphatic carbocycles. The van der Waals surface area contributed by atoms with Gasteiger partial charge in [-0.25, -0.2) is 4.98 Å². The smallest absolute Gasteiger partial charge is 0.235 e. The first kappa shape index (κ1) is 18.6. The number of aromatic amines is 1. The highest BCUT2D eigenvalue weighted by Crippen LogP contribution is 2.20. The van der Waals surface area contributed by atoms with Gasteiger partial charge in [-0.2, -0.15) is 0 Å². The molecule has 1 atom stereocenters. The topological polar surface area (TPSA) is 71.1 Å². The number of thioether (sulfide) groups is 1. The lowest BCUT2D eigenvalue weighted by Gasteiger charge is -2.20. The van der Waals surface area contributed by atoms with Gasteiger partial charge in [0.05, 0.1) is 11.8 Å². The van der Waals surface area contributed by atoms with Gasteiger partial charge >= 0.3 is 0 Å². The summed E-state index contributed by atoms with van der Waals surface area (Å²) >= 11 is 7.17. The van der Waals surface area contributed by atoms with Gasteiger partial charge in [-0.15, -0.1) is 5.10 Å². The zero-order valence-electron chi connectivity index (χ0n) is 14.0. The highest BCUT2D eigenvalue weighted by atomic mass is 35.5. The zero-order chi connectivity index (χ0) is 17.5. The number of benzene rings is 1. The van der Waals surface area contributed by atoms with Crippen molar-refractivity contribution in [1.82, 2.24) is 20.1 Å². The van der Waals surface area contributed by atoms with E-state index in [0.29, 0.717) is 23.3 Å². The van der Waals surface area contributed by atoms with Crippen molar-refractivity contribution in [2.45, 2.75) is 30.7 Å². The van der Waals surface area contributed by atoms with Gasteiger partial charge in [-0.05, 0) is 31.2 Å². The summed E-state index contributed by atoms with van der Waals surface area (Å²) in [5, 5.41) is 7.95. The summed E-state index contributed by atoms with van der Waals surface area (Å²) in [7, 11) is 1.76. The Balaban J connectivity index is 1.77. The molecule has 0 fully saturated rings. The third-order valence-electron chi connectivity index (χ3n) is 3.36. The lowest BCUT2D eigenvalue weighted by atomic mass is 10.3. The molecule has 0 bridgehead atoms. The van der Waals surface area contributed by atoms with Gasteiger partial charge in [-0.1, -0.05) is 30.3 Å². The zero-order valence-corrected chi connectivity index (χ0v) is 15.5. The van der Waals surface area contributed by atoms with Crippen molar-refractivity contribution in [2.75, 3.05) is 20.2 Å². The van der Waals surface area contributed by atoms with Gasteiger partial charge in [0, 0.05) is 18.5 Å². The Labute approximate surface area is 150 Å². The lowest BCUT2D eigenvalue weighted by Crippen LogP contribution is -2.36. The van der Waals surface area contributed by atoms with Gasteiger partial charge in [0.1, 0.15) is 18.2 Å². The summed E-state index contributed by atoms with van der Waals surface area (Å²) in [4.78, 5) is 18.3. The third kappa shape index (κ3) is 5.42. The monoisotopic (exact) mass is 368 g/mol. The van der Waals surface area contributed by atoms with Crippen LogP contribution in [0.1, 0.15) is 19.7 Å². The maximum absolute atomic E-state index is 12.4. The normalized spacial score (nSPS) is 12.0. The molecule has 6 nitrogen and oxygen atoms in total. The van der Waals surface area contributed by atoms with Crippen LogP contribution < -0.4 is 4.74 Å². The summed E-state index contributed by atoms with van der Waals surface area (Å²) in [5.74, 6) is 1.57. The number of amides is 1. The number of hydrogen-bond donors (Lipinski definition) is 1. The van der Waals surface area contributed by atoms with E-state index in [1.807, 2.05) is 13.8 Å². The van der Waals surface area contributed by atoms with Gasteiger partial charge in [0.25, 0.3) is 0 Å². The fraction of sp³-hybridized carbons (Fsp3) is 0.438. The fourth-order valence-corrected chi connectivity index (χ4v) is 2.93. The maximum atomic E-state index is 12.4. The highest BCUT2D eigenvalue weighted by molar-refractivity contribution is 8.00. The summed E-state index contributed by atoms with van der Waals surface area (Å²) in [5.41, 5.74) is 0. The number of carbonyl (C=O) groups excluding carboxylic acids is 1. The van der Waals surface area contributed by atoms with Gasteiger partial charge in [-0.3, -0.25) is 9.89 Å². The van der Waals surface area contributed by atoms with Crippen LogP contribution in [-0.2, 0) is 11.2 Å². The molecular formula is C16H21ClN4O2S. The Morgan fingerprint density at radius 2 is 2.12 bits per heavy atom. The van der Waals surface area contributed by atoms with E-state index >= 15 is 0 Å². The Bertz CT molecular complexity index is 662. The Morgan fingerprint density at radius 3 is 2.75 bits per heavy atom. The first-order valence-electron chi connectivity index (χ1n) is 7.71. The molecule has 0 spiro atoms. The van der Waals surface area contributed by atoms with E-state index in [1.165, 1.54) is 11.8 Å². The molecule has 1 aromatic heterocycles. The molecule has 0 saturated carbocycles. The van der Waals surface area contributed by atoms with E-state index in [0.717, 1.165) is 18.0 Å². The summed E-state index contributed by atoms with van der Waals surface area (Å²) < 4.78 is 5.61. The number of rotatable bonds is 8. The van der Waals surface area contributed by atoms with Crippen molar-refractivity contribution in [3.8, 4) is 5.75 Å². The van der Waals surface area contributed by atoms with Crippen LogP contribution in [0.4, 0.5) is 0 Å². The second kappa shape index (κ2) is 8.94. The molecule has 1 heterocycles. The first-order chi connectivity index (χ1) is 11.5. The lowest BCUT2D eigenvalue weighted by molar-refractivity contribution is -0.129. The van der Waals surface area contributed by atoms with Crippen LogP contribution >= 0.6 is 23.4 Å². The van der Waals surface area contributed by atoms with Crippen LogP contribution in [0.3, 0.4) is 0 Å². The van der Waals surface area contributed by atoms with Crippen molar-refractivity contribution in [1.29, 1.82) is 0 Å². The van der Waals surface area contributed by atoms with Crippen LogP contribution in [0.15, 0.2) is 29.4 Å². The maximum Gasteiger partial charge on any atom is 0.235 e. The number of H-pyrrole nitrogens is 1. The number of nitrogens with one attached hydrogen (secondary N) is 1. The number of nitrogens with zero attached hydrogens (tertiary/aromatic N) is 3. The molecular weight excluding hydrogens is 348 g/mol. The quantitative estimate of drug-likeness (QED) is 0.725. The molecule has 0 saturated heterocycles. The van der Waals surface area contributed by atoms with Gasteiger partial charge in [0.15, 0.2) is 0 Å². The predicted octanol–water partition coefficient (Wildman–Crippen LogP) is 3.04. The standard InChI is InChI=1S/C16H21ClN4O2S/c1-4-14-18-16(20-19-14)24-11(2)15(22)21(3)9-10-23-13-7-5-12(17)6-8-13/h5-8,11H,4,9-10H2,1-3H3,(H,18,19,20). The molecule has 0 radical (unpaired) electrons. The van der Waals surface area contributed by atoms with Crippen molar-refractivity contribution < 1.29 is 9.53 Å². The van der Waals surface area contributed by atoms with Crippen LogP contribution in [-0.4, -0.2) is 51.4 Å². The number of likely N-dealkylation sites (N-methyl/N-ethyl adjacent to an activating group) is 1. The SMILES string of the molecule is CCc1nc(SC(C)C(=O)N(C)CCOc2ccc(Cl)cc2)n[nH]1. The number of halogens is 1. The highest BCUT2D eigenvalue weighted by Gasteiger charge is 2.20. The predicted molar refractivity (Wildman–Crippen MR) is 95.7 cm³/mol. The molecule has 1 unspecified atom stereocenters. The van der Waals surface area contributed by atoms with E-state index in [9.17, 15) is 4.79 Å². The van der Waals surface area contributed by atoms with Crippen LogP contribution in [0.25, 0.3) is 0 Å². The molecule has 130 valence electrons. The summed E-state index contributed by atoms with van der Waals surface area (Å²) in [6.45, 7) is 4.77. The Kier molecular flexibility index (Phi) is 6.93. The fourth-order valence-electron chi connectivity index (χ4n) is 1.95. The Hall–Kier alpha value is -1.73. The van der Waals surface area contributed by atoms with Crippen LogP contribution in [0.5, 0.6) is 5.75 Å². The molecule has 0 aliphatic rings. The molecule has 1 aromatic carbocycles. The van der Waals surface area contributed by atoms with E-state index in [4.69, 9.17) is 16.3 Å². The minimum absolute atomic E-state index is 0.0163. The number of carbonyl (C=O) groups is 1. The van der Waals surface area contributed by atoms with Crippen molar-refractivity contribution in [3.05, 3.63) is 35.1 Å². The molecule has 24 heavy (non-hydrogen) atoms. The number of aromatic nitrogens is 3. The largest absolute Gasteiger partial charge is 0.492 e. The molecule has 2 aromatic rings. The molecule has 1 N–H and O–H groups in total. The van der Waals surface area contributed by atoms with Crippen molar-refractivity contribution in [3.63, 3.8) is 0 Å². The van der Waals surface area contributed by atoms with Crippen LogP contribution in [0.2, 0.25) is 5.02 Å². The van der Waals surface area contributed by atoms with Crippen molar-refractivity contribution >= 4 is 29.3 Å². The van der Waals surface area contributed by atoms with E-state index < -0.39 is 0 Å². The molecule has 8 heteroatoms. The minimum atomic E-state index is -0.258. The number of aryl methyl sites for hydroxylation is 1. The van der Waals surface area contributed by atoms with Gasteiger partial charge in [0.2, 0.25) is 11.1 Å². The van der Waals surface area contributed by atoms with E-state index in [2.05, 4.69) is 15.2 Å². The summed E-state index contributed by atoms with van der Waals surface area (Å²) in [6, 6.07) is 7.15. The number of ether oxygens (including phenoxy) is 1. The molecule has 0 aliphatic heterocycles. The van der Waals surface area contributed by atoms with E-state index in [-0.39, 0.29) is 11.2 Å². The molecule has 2 rings (SSSR count). The average Bonchev–Trinajstić information content (AvgIpc) is 3.03. The second-order valence-electron chi connectivity index (χ2n) is 5.24.